The average molecular weight is 429 g/mol. The predicted molar refractivity (Wildman–Crippen MR) is 98.0 cm³/mol. The van der Waals surface area contributed by atoms with Gasteiger partial charge in [-0.1, -0.05) is 23.7 Å². The van der Waals surface area contributed by atoms with E-state index in [9.17, 15) is 0 Å². The molecule has 1 atom stereocenters. The second kappa shape index (κ2) is 7.20. The molecule has 0 radical (unpaired) electrons. The van der Waals surface area contributed by atoms with Crippen LogP contribution in [0.5, 0.6) is 5.75 Å². The monoisotopic (exact) mass is 428 g/mol. The van der Waals surface area contributed by atoms with Crippen molar-refractivity contribution in [2.24, 2.45) is 0 Å². The highest BCUT2D eigenvalue weighted by Gasteiger charge is 2.18. The molecule has 0 aliphatic carbocycles. The van der Waals surface area contributed by atoms with Gasteiger partial charge in [-0.3, -0.25) is 0 Å². The van der Waals surface area contributed by atoms with Gasteiger partial charge in [0.25, 0.3) is 0 Å². The fourth-order valence-electron chi connectivity index (χ4n) is 2.57. The lowest BCUT2D eigenvalue weighted by Gasteiger charge is -2.15. The minimum absolute atomic E-state index is 0.176. The lowest BCUT2D eigenvalue weighted by Crippen LogP contribution is -2.16. The number of hydrogen-bond donors (Lipinski definition) is 0. The van der Waals surface area contributed by atoms with E-state index in [0.717, 1.165) is 41.3 Å². The van der Waals surface area contributed by atoms with Crippen LogP contribution in [0.25, 0.3) is 0 Å². The lowest BCUT2D eigenvalue weighted by atomic mass is 10.0. The molecule has 1 aliphatic rings. The van der Waals surface area contributed by atoms with Crippen molar-refractivity contribution in [3.8, 4) is 5.75 Å². The number of benzene rings is 2. The van der Waals surface area contributed by atoms with Crippen LogP contribution in [0.1, 0.15) is 23.1 Å². The van der Waals surface area contributed by atoms with Crippen LogP contribution in [0, 0.1) is 10.5 Å². The summed E-state index contributed by atoms with van der Waals surface area (Å²) in [5, 5.41) is 0.813. The molecule has 0 bridgehead atoms. The molecule has 2 nitrogen and oxygen atoms in total. The first-order chi connectivity index (χ1) is 10.6. The van der Waals surface area contributed by atoms with Gasteiger partial charge in [0.2, 0.25) is 0 Å². The average Bonchev–Trinajstić information content (AvgIpc) is 2.99. The minimum atomic E-state index is 0.176. The Morgan fingerprint density at radius 1 is 1.27 bits per heavy atom. The third kappa shape index (κ3) is 3.94. The summed E-state index contributed by atoms with van der Waals surface area (Å²) in [6.45, 7) is 3.56. The van der Waals surface area contributed by atoms with E-state index in [1.165, 1.54) is 9.13 Å². The van der Waals surface area contributed by atoms with E-state index >= 15 is 0 Å². The van der Waals surface area contributed by atoms with E-state index in [0.29, 0.717) is 6.61 Å². The van der Waals surface area contributed by atoms with Crippen LogP contribution >= 0.6 is 34.2 Å². The Balaban J connectivity index is 1.80. The van der Waals surface area contributed by atoms with E-state index in [2.05, 4.69) is 53.8 Å². The van der Waals surface area contributed by atoms with Crippen LogP contribution in [0.15, 0.2) is 36.4 Å². The van der Waals surface area contributed by atoms with Gasteiger partial charge in [-0.15, -0.1) is 0 Å². The van der Waals surface area contributed by atoms with Crippen LogP contribution in [-0.4, -0.2) is 19.3 Å². The molecule has 2 aromatic carbocycles. The van der Waals surface area contributed by atoms with Gasteiger partial charge in [-0.05, 0) is 76.9 Å². The second-order valence-electron chi connectivity index (χ2n) is 5.62. The highest BCUT2D eigenvalue weighted by molar-refractivity contribution is 14.1. The molecule has 0 amide bonds. The molecule has 1 saturated heterocycles. The molecule has 116 valence electrons. The minimum Gasteiger partial charge on any atom is -0.488 e. The lowest BCUT2D eigenvalue weighted by molar-refractivity contribution is 0.141. The first kappa shape index (κ1) is 16.1. The highest BCUT2D eigenvalue weighted by Crippen LogP contribution is 2.27. The summed E-state index contributed by atoms with van der Waals surface area (Å²) in [7, 11) is 0. The van der Waals surface area contributed by atoms with Crippen molar-refractivity contribution in [3.05, 3.63) is 61.7 Å². The maximum absolute atomic E-state index is 6.30. The number of halogens is 2. The fraction of sp³-hybridized carbons (Fsp3) is 0.333. The highest BCUT2D eigenvalue weighted by atomic mass is 127. The number of hydrogen-bond acceptors (Lipinski definition) is 2. The normalized spacial score (nSPS) is 17.7. The van der Waals surface area contributed by atoms with Crippen molar-refractivity contribution < 1.29 is 9.47 Å². The zero-order valence-corrected chi connectivity index (χ0v) is 15.4. The summed E-state index contributed by atoms with van der Waals surface area (Å²) in [5.41, 5.74) is 3.51. The van der Waals surface area contributed by atoms with Gasteiger partial charge >= 0.3 is 0 Å². The second-order valence-corrected chi connectivity index (χ2v) is 7.27. The SMILES string of the molecule is Cc1ccc(Cc2cc(I)ccc2Cl)cc1O[C@H]1CCOC1. The Morgan fingerprint density at radius 2 is 2.14 bits per heavy atom. The standard InChI is InChI=1S/C18H18ClIO2/c1-12-2-3-13(8-14-10-15(20)4-5-17(14)19)9-18(12)22-16-6-7-21-11-16/h2-5,9-10,16H,6-8,11H2,1H3/t16-/m0/s1. The summed E-state index contributed by atoms with van der Waals surface area (Å²) in [6.07, 6.45) is 1.95. The first-order valence-corrected chi connectivity index (χ1v) is 8.85. The topological polar surface area (TPSA) is 18.5 Å². The van der Waals surface area contributed by atoms with E-state index in [-0.39, 0.29) is 6.10 Å². The van der Waals surface area contributed by atoms with E-state index in [1.54, 1.807) is 0 Å². The molecule has 0 N–H and O–H groups in total. The van der Waals surface area contributed by atoms with Crippen LogP contribution in [0.2, 0.25) is 5.02 Å². The Morgan fingerprint density at radius 3 is 2.91 bits per heavy atom. The number of rotatable bonds is 4. The van der Waals surface area contributed by atoms with Crippen molar-refractivity contribution in [1.82, 2.24) is 0 Å². The molecule has 0 spiro atoms. The largest absolute Gasteiger partial charge is 0.488 e. The quantitative estimate of drug-likeness (QED) is 0.637. The number of ether oxygens (including phenoxy) is 2. The molecular weight excluding hydrogens is 411 g/mol. The van der Waals surface area contributed by atoms with Crippen LogP contribution in [-0.2, 0) is 11.2 Å². The first-order valence-electron chi connectivity index (χ1n) is 7.39. The predicted octanol–water partition coefficient (Wildman–Crippen LogP) is 5.01. The van der Waals surface area contributed by atoms with Gasteiger partial charge in [0.05, 0.1) is 13.2 Å². The van der Waals surface area contributed by atoms with Crippen molar-refractivity contribution in [2.45, 2.75) is 25.9 Å². The van der Waals surface area contributed by atoms with E-state index in [4.69, 9.17) is 21.1 Å². The van der Waals surface area contributed by atoms with Gasteiger partial charge in [-0.2, -0.15) is 0 Å². The molecular formula is C18H18ClIO2. The van der Waals surface area contributed by atoms with Gasteiger partial charge in [-0.25, -0.2) is 0 Å². The van der Waals surface area contributed by atoms with Crippen LogP contribution in [0.4, 0.5) is 0 Å². The third-order valence-corrected chi connectivity index (χ3v) is 4.88. The summed E-state index contributed by atoms with van der Waals surface area (Å²) < 4.78 is 12.7. The van der Waals surface area contributed by atoms with E-state index in [1.807, 2.05) is 12.1 Å². The summed E-state index contributed by atoms with van der Waals surface area (Å²) >= 11 is 8.62. The molecule has 1 aliphatic heterocycles. The molecule has 0 unspecified atom stereocenters. The van der Waals surface area contributed by atoms with Crippen molar-refractivity contribution in [2.75, 3.05) is 13.2 Å². The maximum atomic E-state index is 6.30. The molecule has 0 saturated carbocycles. The molecule has 1 fully saturated rings. The van der Waals surface area contributed by atoms with Gasteiger partial charge in [0.1, 0.15) is 11.9 Å². The van der Waals surface area contributed by atoms with Crippen molar-refractivity contribution in [3.63, 3.8) is 0 Å². The van der Waals surface area contributed by atoms with Gasteiger partial charge in [0, 0.05) is 15.0 Å². The summed E-state index contributed by atoms with van der Waals surface area (Å²) in [4.78, 5) is 0. The van der Waals surface area contributed by atoms with Gasteiger partial charge in [0.15, 0.2) is 0 Å². The van der Waals surface area contributed by atoms with Crippen molar-refractivity contribution in [1.29, 1.82) is 0 Å². The Hall–Kier alpha value is -0.780. The third-order valence-electron chi connectivity index (χ3n) is 3.84. The molecule has 2 aromatic rings. The molecule has 4 heteroatoms. The van der Waals surface area contributed by atoms with Crippen LogP contribution < -0.4 is 4.74 Å². The summed E-state index contributed by atoms with van der Waals surface area (Å²) in [6, 6.07) is 12.5. The zero-order valence-electron chi connectivity index (χ0n) is 12.4. The zero-order chi connectivity index (χ0) is 15.5. The molecule has 1 heterocycles. The smallest absolute Gasteiger partial charge is 0.124 e. The Kier molecular flexibility index (Phi) is 5.26. The van der Waals surface area contributed by atoms with Crippen LogP contribution in [0.3, 0.4) is 0 Å². The maximum Gasteiger partial charge on any atom is 0.124 e. The Bertz CT molecular complexity index is 666. The molecule has 0 aromatic heterocycles. The fourth-order valence-corrected chi connectivity index (χ4v) is 3.31. The summed E-state index contributed by atoms with van der Waals surface area (Å²) in [5.74, 6) is 0.953. The Labute approximate surface area is 149 Å². The molecule has 22 heavy (non-hydrogen) atoms. The van der Waals surface area contributed by atoms with E-state index < -0.39 is 0 Å². The van der Waals surface area contributed by atoms with Gasteiger partial charge < -0.3 is 9.47 Å². The van der Waals surface area contributed by atoms with Crippen molar-refractivity contribution >= 4 is 34.2 Å². The molecule has 3 rings (SSSR count). The number of aryl methyl sites for hydroxylation is 1.